The molecule has 0 amide bonds. The Bertz CT molecular complexity index is 1530. The molecule has 0 N–H and O–H groups in total. The summed E-state index contributed by atoms with van der Waals surface area (Å²) < 4.78 is 43.3. The van der Waals surface area contributed by atoms with E-state index < -0.39 is 11.7 Å². The van der Waals surface area contributed by atoms with Crippen LogP contribution >= 0.6 is 0 Å². The van der Waals surface area contributed by atoms with Gasteiger partial charge >= 0.3 is 6.18 Å². The highest BCUT2D eigenvalue weighted by atomic mass is 19.4. The zero-order valence-corrected chi connectivity index (χ0v) is 19.8. The van der Waals surface area contributed by atoms with Gasteiger partial charge in [-0.3, -0.25) is 0 Å². The van der Waals surface area contributed by atoms with Crippen molar-refractivity contribution < 1.29 is 13.2 Å². The molecule has 0 saturated heterocycles. The Morgan fingerprint density at radius 1 is 0.971 bits per heavy atom. The molecule has 3 heterocycles. The molecular formula is C26H25F3N6. The van der Waals surface area contributed by atoms with Crippen molar-refractivity contribution in [1.82, 2.24) is 29.5 Å². The van der Waals surface area contributed by atoms with Gasteiger partial charge in [-0.1, -0.05) is 49.7 Å². The van der Waals surface area contributed by atoms with E-state index in [2.05, 4.69) is 32.9 Å². The molecule has 0 aliphatic heterocycles. The van der Waals surface area contributed by atoms with Crippen LogP contribution in [0.5, 0.6) is 0 Å². The van der Waals surface area contributed by atoms with Crippen LogP contribution in [0.1, 0.15) is 47.8 Å². The normalized spacial score (nSPS) is 12.2. The van der Waals surface area contributed by atoms with Crippen LogP contribution < -0.4 is 0 Å². The van der Waals surface area contributed by atoms with Crippen molar-refractivity contribution >= 4 is 22.1 Å². The smallest absolute Gasteiger partial charge is 0.324 e. The predicted molar refractivity (Wildman–Crippen MR) is 129 cm³/mol. The summed E-state index contributed by atoms with van der Waals surface area (Å²) >= 11 is 0. The molecule has 0 unspecified atom stereocenters. The van der Waals surface area contributed by atoms with Gasteiger partial charge in [0.25, 0.3) is 5.95 Å². The Balaban J connectivity index is 1.57. The van der Waals surface area contributed by atoms with Crippen molar-refractivity contribution in [3.63, 3.8) is 0 Å². The van der Waals surface area contributed by atoms with Crippen LogP contribution in [0.15, 0.2) is 48.5 Å². The Hall–Kier alpha value is -3.75. The number of alkyl halides is 3. The SMILES string of the molecule is CCCCn1c2ccccc2c2nnc(-n3nc(C)c(Cc4cccc(C(F)(F)F)c4)c3C)nc21. The van der Waals surface area contributed by atoms with E-state index in [-0.39, 0.29) is 0 Å². The van der Waals surface area contributed by atoms with Crippen LogP contribution in [0, 0.1) is 13.8 Å². The number of aromatic nitrogens is 6. The lowest BCUT2D eigenvalue weighted by atomic mass is 10.0. The first-order valence-corrected chi connectivity index (χ1v) is 11.6. The summed E-state index contributed by atoms with van der Waals surface area (Å²) in [5.74, 6) is 0.342. The van der Waals surface area contributed by atoms with Crippen LogP contribution in [-0.2, 0) is 19.1 Å². The number of hydrogen-bond acceptors (Lipinski definition) is 4. The zero-order valence-electron chi connectivity index (χ0n) is 19.8. The molecule has 0 bridgehead atoms. The number of benzene rings is 2. The second-order valence-electron chi connectivity index (χ2n) is 8.74. The van der Waals surface area contributed by atoms with E-state index in [9.17, 15) is 13.2 Å². The van der Waals surface area contributed by atoms with Crippen LogP contribution in [0.25, 0.3) is 28.0 Å². The summed E-state index contributed by atoms with van der Waals surface area (Å²) in [5, 5.41) is 14.5. The first-order valence-electron chi connectivity index (χ1n) is 11.6. The number of rotatable bonds is 6. The third kappa shape index (κ3) is 4.15. The van der Waals surface area contributed by atoms with E-state index in [4.69, 9.17) is 4.98 Å². The standard InChI is InChI=1S/C26H25F3N6/c1-4-5-13-34-22-12-7-6-11-20(22)23-24(34)30-25(32-31-23)35-17(3)21(16(2)33-35)15-18-9-8-10-19(14-18)26(27,28)29/h6-12,14H,4-5,13,15H2,1-3H3. The van der Waals surface area contributed by atoms with Gasteiger partial charge in [0.15, 0.2) is 5.65 Å². The molecule has 0 spiro atoms. The van der Waals surface area contributed by atoms with Crippen molar-refractivity contribution in [2.75, 3.05) is 0 Å². The fraction of sp³-hybridized carbons (Fsp3) is 0.308. The van der Waals surface area contributed by atoms with Crippen molar-refractivity contribution in [3.05, 3.63) is 76.6 Å². The minimum absolute atomic E-state index is 0.327. The summed E-state index contributed by atoms with van der Waals surface area (Å²) in [4.78, 5) is 4.85. The second kappa shape index (κ2) is 8.79. The van der Waals surface area contributed by atoms with Crippen molar-refractivity contribution in [2.24, 2.45) is 0 Å². The molecule has 5 rings (SSSR count). The van der Waals surface area contributed by atoms with E-state index in [0.29, 0.717) is 17.9 Å². The van der Waals surface area contributed by atoms with E-state index >= 15 is 0 Å². The molecule has 0 saturated carbocycles. The highest BCUT2D eigenvalue weighted by molar-refractivity contribution is 6.04. The molecule has 0 aliphatic rings. The number of aryl methyl sites for hydroxylation is 2. The van der Waals surface area contributed by atoms with Crippen LogP contribution in [-0.4, -0.2) is 29.5 Å². The number of halogens is 3. The monoisotopic (exact) mass is 478 g/mol. The number of nitrogens with zero attached hydrogens (tertiary/aromatic N) is 6. The minimum Gasteiger partial charge on any atom is -0.324 e. The summed E-state index contributed by atoms with van der Waals surface area (Å²) in [6.45, 7) is 6.69. The Kier molecular flexibility index (Phi) is 5.78. The van der Waals surface area contributed by atoms with E-state index in [1.165, 1.54) is 12.1 Å². The summed E-state index contributed by atoms with van der Waals surface area (Å²) in [6.07, 6.45) is -1.99. The first-order chi connectivity index (χ1) is 16.8. The average molecular weight is 479 g/mol. The van der Waals surface area contributed by atoms with Gasteiger partial charge in [-0.2, -0.15) is 23.3 Å². The fourth-order valence-electron chi connectivity index (χ4n) is 4.51. The molecule has 0 radical (unpaired) electrons. The lowest BCUT2D eigenvalue weighted by Gasteiger charge is -2.09. The summed E-state index contributed by atoms with van der Waals surface area (Å²) in [5.41, 5.74) is 4.80. The lowest BCUT2D eigenvalue weighted by Crippen LogP contribution is -2.09. The lowest BCUT2D eigenvalue weighted by molar-refractivity contribution is -0.137. The molecule has 3 aromatic heterocycles. The highest BCUT2D eigenvalue weighted by Gasteiger charge is 2.30. The van der Waals surface area contributed by atoms with E-state index in [0.717, 1.165) is 64.5 Å². The predicted octanol–water partition coefficient (Wildman–Crippen LogP) is 6.19. The third-order valence-electron chi connectivity index (χ3n) is 6.36. The van der Waals surface area contributed by atoms with Gasteiger partial charge in [-0.05, 0) is 38.0 Å². The summed E-state index contributed by atoms with van der Waals surface area (Å²) in [7, 11) is 0. The summed E-state index contributed by atoms with van der Waals surface area (Å²) in [6, 6.07) is 13.5. The first kappa shape index (κ1) is 23.0. The fourth-order valence-corrected chi connectivity index (χ4v) is 4.51. The van der Waals surface area contributed by atoms with Gasteiger partial charge in [-0.15, -0.1) is 10.2 Å². The van der Waals surface area contributed by atoms with Gasteiger partial charge in [0.05, 0.1) is 16.8 Å². The van der Waals surface area contributed by atoms with Crippen molar-refractivity contribution in [2.45, 2.75) is 52.8 Å². The molecule has 2 aromatic carbocycles. The average Bonchev–Trinajstić information content (AvgIpc) is 3.31. The quantitative estimate of drug-likeness (QED) is 0.292. The van der Waals surface area contributed by atoms with Gasteiger partial charge in [0, 0.05) is 29.6 Å². The van der Waals surface area contributed by atoms with Gasteiger partial charge < -0.3 is 4.57 Å². The number of fused-ring (bicyclic) bond motifs is 3. The number of hydrogen-bond donors (Lipinski definition) is 0. The topological polar surface area (TPSA) is 61.4 Å². The molecule has 35 heavy (non-hydrogen) atoms. The maximum atomic E-state index is 13.2. The van der Waals surface area contributed by atoms with E-state index in [1.807, 2.05) is 32.0 Å². The molecule has 5 aromatic rings. The van der Waals surface area contributed by atoms with Gasteiger partial charge in [0.1, 0.15) is 5.52 Å². The number of unbranched alkanes of at least 4 members (excludes halogenated alkanes) is 1. The second-order valence-corrected chi connectivity index (χ2v) is 8.74. The van der Waals surface area contributed by atoms with Crippen molar-refractivity contribution in [1.29, 1.82) is 0 Å². The molecule has 6 nitrogen and oxygen atoms in total. The van der Waals surface area contributed by atoms with Gasteiger partial charge in [0.2, 0.25) is 0 Å². The van der Waals surface area contributed by atoms with Crippen LogP contribution in [0.4, 0.5) is 13.2 Å². The van der Waals surface area contributed by atoms with Crippen LogP contribution in [0.3, 0.4) is 0 Å². The largest absolute Gasteiger partial charge is 0.416 e. The molecule has 9 heteroatoms. The Labute approximate surface area is 200 Å². The van der Waals surface area contributed by atoms with Crippen LogP contribution in [0.2, 0.25) is 0 Å². The number of para-hydroxylation sites is 1. The third-order valence-corrected chi connectivity index (χ3v) is 6.36. The minimum atomic E-state index is -4.38. The van der Waals surface area contributed by atoms with Gasteiger partial charge in [-0.25, -0.2) is 4.68 Å². The zero-order chi connectivity index (χ0) is 24.7. The molecule has 0 aliphatic carbocycles. The molecular weight excluding hydrogens is 453 g/mol. The Morgan fingerprint density at radius 3 is 2.54 bits per heavy atom. The maximum absolute atomic E-state index is 13.2. The Morgan fingerprint density at radius 2 is 1.77 bits per heavy atom. The highest BCUT2D eigenvalue weighted by Crippen LogP contribution is 2.31. The molecule has 0 fully saturated rings. The maximum Gasteiger partial charge on any atom is 0.416 e. The molecule has 0 atom stereocenters. The molecule has 180 valence electrons. The van der Waals surface area contributed by atoms with Crippen molar-refractivity contribution in [3.8, 4) is 5.95 Å². The van der Waals surface area contributed by atoms with E-state index in [1.54, 1.807) is 10.7 Å².